The van der Waals surface area contributed by atoms with E-state index in [2.05, 4.69) is 0 Å². The smallest absolute Gasteiger partial charge is 0.242 e. The Hall–Kier alpha value is -1.21. The average Bonchev–Trinajstić information content (AvgIpc) is 2.79. The maximum Gasteiger partial charge on any atom is 0.242 e. The van der Waals surface area contributed by atoms with Gasteiger partial charge in [-0.05, 0) is 19.1 Å². The van der Waals surface area contributed by atoms with Gasteiger partial charge < -0.3 is 4.74 Å². The fraction of sp³-hybridized carbons (Fsp3) is 0.750. The fourth-order valence-corrected chi connectivity index (χ4v) is 2.98. The maximum absolute atomic E-state index is 11.9. The third-order valence-electron chi connectivity index (χ3n) is 3.64. The van der Waals surface area contributed by atoms with E-state index < -0.39 is 0 Å². The Bertz CT molecular complexity index is 452. The minimum Gasteiger partial charge on any atom is -0.374 e. The van der Waals surface area contributed by atoms with Gasteiger partial charge in [-0.1, -0.05) is 6.92 Å². The zero-order valence-electron chi connectivity index (χ0n) is 13.8. The maximum atomic E-state index is 11.9. The summed E-state index contributed by atoms with van der Waals surface area (Å²) < 4.78 is 5.22. The minimum atomic E-state index is -0.299. The summed E-state index contributed by atoms with van der Waals surface area (Å²) in [7, 11) is 0. The molecule has 1 heterocycles. The monoisotopic (exact) mass is 343 g/mol. The number of likely N-dealkylation sites (tertiary alicyclic amines) is 1. The van der Waals surface area contributed by atoms with Crippen LogP contribution in [0.1, 0.15) is 45.4 Å². The van der Waals surface area contributed by atoms with E-state index in [4.69, 9.17) is 4.74 Å². The number of ether oxygens (including phenoxy) is 1. The zero-order valence-corrected chi connectivity index (χ0v) is 14.7. The lowest BCUT2D eigenvalue weighted by Crippen LogP contribution is -2.33. The Labute approximate surface area is 141 Å². The van der Waals surface area contributed by atoms with Crippen LogP contribution >= 0.6 is 11.8 Å². The molecule has 1 aliphatic rings. The molecule has 0 radical (unpaired) electrons. The highest BCUT2D eigenvalue weighted by atomic mass is 32.2. The van der Waals surface area contributed by atoms with Crippen molar-refractivity contribution in [1.29, 1.82) is 0 Å². The highest BCUT2D eigenvalue weighted by molar-refractivity contribution is 8.00. The van der Waals surface area contributed by atoms with Crippen LogP contribution in [0.5, 0.6) is 0 Å². The quantitative estimate of drug-likeness (QED) is 0.395. The number of hydrogen-bond donors (Lipinski definition) is 0. The Kier molecular flexibility index (Phi) is 9.09. The number of rotatable bonds is 12. The van der Waals surface area contributed by atoms with Crippen molar-refractivity contribution >= 4 is 35.1 Å². The summed E-state index contributed by atoms with van der Waals surface area (Å²) in [6.45, 7) is 2.59. The standard InChI is InChI=1S/C16H25NO5S/c1-3-5-13(19)11-22-9-4-6-12(18)7-8-17-15(20)10-14(23-2)16(17)21/h14H,3-11H2,1-2H3. The van der Waals surface area contributed by atoms with Crippen LogP contribution in [0, 0.1) is 0 Å². The van der Waals surface area contributed by atoms with Crippen molar-refractivity contribution in [3.63, 3.8) is 0 Å². The number of imide groups is 1. The molecule has 1 unspecified atom stereocenters. The van der Waals surface area contributed by atoms with Crippen LogP contribution in [0.2, 0.25) is 0 Å². The van der Waals surface area contributed by atoms with Crippen LogP contribution in [0.25, 0.3) is 0 Å². The van der Waals surface area contributed by atoms with E-state index in [0.29, 0.717) is 25.9 Å². The summed E-state index contributed by atoms with van der Waals surface area (Å²) in [5.74, 6) is -0.303. The molecule has 0 aromatic carbocycles. The summed E-state index contributed by atoms with van der Waals surface area (Å²) in [5, 5.41) is -0.299. The summed E-state index contributed by atoms with van der Waals surface area (Å²) in [5.41, 5.74) is 0. The van der Waals surface area contributed by atoms with Gasteiger partial charge in [0, 0.05) is 38.8 Å². The van der Waals surface area contributed by atoms with E-state index >= 15 is 0 Å². The number of thioether (sulfide) groups is 1. The van der Waals surface area contributed by atoms with Crippen LogP contribution in [0.4, 0.5) is 0 Å². The highest BCUT2D eigenvalue weighted by Crippen LogP contribution is 2.23. The first-order chi connectivity index (χ1) is 11.0. The van der Waals surface area contributed by atoms with Crippen molar-refractivity contribution in [3.05, 3.63) is 0 Å². The largest absolute Gasteiger partial charge is 0.374 e. The summed E-state index contributed by atoms with van der Waals surface area (Å²) >= 11 is 1.37. The van der Waals surface area contributed by atoms with E-state index in [1.165, 1.54) is 16.7 Å². The molecule has 1 rings (SSSR count). The van der Waals surface area contributed by atoms with Gasteiger partial charge in [0.05, 0.1) is 5.25 Å². The molecule has 1 atom stereocenters. The molecule has 1 saturated heterocycles. The van der Waals surface area contributed by atoms with Gasteiger partial charge in [-0.2, -0.15) is 11.8 Å². The van der Waals surface area contributed by atoms with E-state index in [-0.39, 0.29) is 54.6 Å². The third-order valence-corrected chi connectivity index (χ3v) is 4.57. The molecule has 6 nitrogen and oxygen atoms in total. The highest BCUT2D eigenvalue weighted by Gasteiger charge is 2.37. The molecule has 0 aliphatic carbocycles. The van der Waals surface area contributed by atoms with Crippen LogP contribution in [-0.4, -0.2) is 59.5 Å². The Balaban J connectivity index is 2.14. The number of carbonyl (C=O) groups is 4. The van der Waals surface area contributed by atoms with Crippen LogP contribution in [0.15, 0.2) is 0 Å². The van der Waals surface area contributed by atoms with Crippen LogP contribution in [-0.2, 0) is 23.9 Å². The second-order valence-electron chi connectivity index (χ2n) is 5.55. The first kappa shape index (κ1) is 19.8. The molecular formula is C16H25NO5S. The second kappa shape index (κ2) is 10.5. The van der Waals surface area contributed by atoms with Gasteiger partial charge in [-0.15, -0.1) is 0 Å². The van der Waals surface area contributed by atoms with Crippen molar-refractivity contribution in [3.8, 4) is 0 Å². The number of nitrogens with zero attached hydrogens (tertiary/aromatic N) is 1. The topological polar surface area (TPSA) is 80.8 Å². The van der Waals surface area contributed by atoms with Gasteiger partial charge in [-0.25, -0.2) is 0 Å². The second-order valence-corrected chi connectivity index (χ2v) is 6.59. The molecule has 23 heavy (non-hydrogen) atoms. The van der Waals surface area contributed by atoms with E-state index in [0.717, 1.165) is 6.42 Å². The third kappa shape index (κ3) is 6.83. The summed E-state index contributed by atoms with van der Waals surface area (Å²) in [6.07, 6.45) is 4.44. The van der Waals surface area contributed by atoms with Crippen molar-refractivity contribution in [2.24, 2.45) is 0 Å². The van der Waals surface area contributed by atoms with Gasteiger partial charge in [0.1, 0.15) is 12.4 Å². The van der Waals surface area contributed by atoms with Crippen LogP contribution < -0.4 is 0 Å². The van der Waals surface area contributed by atoms with E-state index in [1.54, 1.807) is 6.26 Å². The van der Waals surface area contributed by atoms with E-state index in [1.807, 2.05) is 6.92 Å². The van der Waals surface area contributed by atoms with Gasteiger partial charge >= 0.3 is 0 Å². The normalized spacial score (nSPS) is 17.8. The predicted molar refractivity (Wildman–Crippen MR) is 88.2 cm³/mol. The van der Waals surface area contributed by atoms with Crippen molar-refractivity contribution in [2.75, 3.05) is 26.0 Å². The first-order valence-corrected chi connectivity index (χ1v) is 9.26. The fourth-order valence-electron chi connectivity index (χ4n) is 2.34. The predicted octanol–water partition coefficient (Wildman–Crippen LogP) is 1.60. The molecule has 0 saturated carbocycles. The lowest BCUT2D eigenvalue weighted by Gasteiger charge is -2.13. The van der Waals surface area contributed by atoms with E-state index in [9.17, 15) is 19.2 Å². The zero-order chi connectivity index (χ0) is 17.2. The molecule has 1 aliphatic heterocycles. The first-order valence-electron chi connectivity index (χ1n) is 7.97. The van der Waals surface area contributed by atoms with Crippen LogP contribution in [0.3, 0.4) is 0 Å². The molecule has 0 aromatic rings. The van der Waals surface area contributed by atoms with Gasteiger partial charge in [0.2, 0.25) is 11.8 Å². The molecule has 1 fully saturated rings. The van der Waals surface area contributed by atoms with Crippen molar-refractivity contribution in [1.82, 2.24) is 4.90 Å². The number of hydrogen-bond acceptors (Lipinski definition) is 6. The Morgan fingerprint density at radius 2 is 1.96 bits per heavy atom. The molecule has 130 valence electrons. The molecule has 7 heteroatoms. The van der Waals surface area contributed by atoms with Gasteiger partial charge in [0.25, 0.3) is 0 Å². The SMILES string of the molecule is CCCC(=O)COCCCC(=O)CCN1C(=O)CC(SC)C1=O. The van der Waals surface area contributed by atoms with Gasteiger partial charge in [0.15, 0.2) is 5.78 Å². The van der Waals surface area contributed by atoms with Gasteiger partial charge in [-0.3, -0.25) is 24.1 Å². The average molecular weight is 343 g/mol. The molecule has 0 bridgehead atoms. The molecule has 2 amide bonds. The summed E-state index contributed by atoms with van der Waals surface area (Å²) in [6, 6.07) is 0. The lowest BCUT2D eigenvalue weighted by molar-refractivity contribution is -0.138. The lowest BCUT2D eigenvalue weighted by atomic mass is 10.1. The van der Waals surface area contributed by atoms with Crippen molar-refractivity contribution < 1.29 is 23.9 Å². The Morgan fingerprint density at radius 1 is 1.22 bits per heavy atom. The number of ketones is 2. The Morgan fingerprint density at radius 3 is 2.57 bits per heavy atom. The summed E-state index contributed by atoms with van der Waals surface area (Å²) in [4.78, 5) is 47.8. The molecular weight excluding hydrogens is 318 g/mol. The number of carbonyl (C=O) groups excluding carboxylic acids is 4. The number of amides is 2. The minimum absolute atomic E-state index is 0.00156. The molecule has 0 N–H and O–H groups in total. The molecule has 0 aromatic heterocycles. The number of Topliss-reactive ketones (excluding diaryl/α,β-unsaturated/α-hetero) is 2. The van der Waals surface area contributed by atoms with Crippen molar-refractivity contribution in [2.45, 2.75) is 50.7 Å². The molecule has 0 spiro atoms.